The maximum atomic E-state index is 4.53. The Labute approximate surface area is 115 Å². The lowest BCUT2D eigenvalue weighted by Crippen LogP contribution is -2.39. The van der Waals surface area contributed by atoms with Gasteiger partial charge in [0.15, 0.2) is 0 Å². The van der Waals surface area contributed by atoms with Gasteiger partial charge in [0.1, 0.15) is 0 Å². The number of amidine groups is 1. The van der Waals surface area contributed by atoms with E-state index in [9.17, 15) is 0 Å². The monoisotopic (exact) mass is 257 g/mol. The third-order valence-electron chi connectivity index (χ3n) is 4.16. The third-order valence-corrected chi connectivity index (χ3v) is 4.16. The lowest BCUT2D eigenvalue weighted by Gasteiger charge is -2.18. The summed E-state index contributed by atoms with van der Waals surface area (Å²) in [5.41, 5.74) is 1.41. The summed E-state index contributed by atoms with van der Waals surface area (Å²) < 4.78 is 0. The molecule has 1 saturated heterocycles. The summed E-state index contributed by atoms with van der Waals surface area (Å²) >= 11 is 0. The Morgan fingerprint density at radius 1 is 1.26 bits per heavy atom. The van der Waals surface area contributed by atoms with Gasteiger partial charge in [-0.25, -0.2) is 0 Å². The average Bonchev–Trinajstić information content (AvgIpc) is 3.02. The van der Waals surface area contributed by atoms with Crippen LogP contribution in [0.3, 0.4) is 0 Å². The maximum absolute atomic E-state index is 4.53. The molecule has 0 saturated carbocycles. The average molecular weight is 257 g/mol. The fourth-order valence-electron chi connectivity index (χ4n) is 3.10. The largest absolute Gasteiger partial charge is 0.369 e. The van der Waals surface area contributed by atoms with Gasteiger partial charge < -0.3 is 5.32 Å². The molecule has 2 atom stereocenters. The zero-order valence-corrected chi connectivity index (χ0v) is 11.7. The van der Waals surface area contributed by atoms with E-state index in [0.717, 1.165) is 26.1 Å². The van der Waals surface area contributed by atoms with Gasteiger partial charge in [-0.15, -0.1) is 0 Å². The number of hydrogen-bond donors (Lipinski definition) is 1. The molecule has 1 N–H and O–H groups in total. The molecule has 0 spiro atoms. The smallest absolute Gasteiger partial charge is 0.0966 e. The van der Waals surface area contributed by atoms with Crippen LogP contribution >= 0.6 is 0 Å². The molecule has 0 aliphatic carbocycles. The fourth-order valence-corrected chi connectivity index (χ4v) is 3.10. The maximum Gasteiger partial charge on any atom is 0.0966 e. The minimum Gasteiger partial charge on any atom is -0.369 e. The molecule has 2 unspecified atom stereocenters. The highest BCUT2D eigenvalue weighted by molar-refractivity contribution is 5.83. The van der Waals surface area contributed by atoms with E-state index in [1.54, 1.807) is 0 Å². The summed E-state index contributed by atoms with van der Waals surface area (Å²) in [6.07, 6.45) is 2.36. The summed E-state index contributed by atoms with van der Waals surface area (Å²) in [4.78, 5) is 7.08. The molecule has 2 aliphatic heterocycles. The standard InChI is InChI=1S/C16H23N3/c1-13-10-19(11-14-6-3-2-4-7-14)12-15(13)18-16-8-5-9-17-16/h2-4,6-7,13,15H,5,8-12H2,1H3,(H,17,18). The molecule has 19 heavy (non-hydrogen) atoms. The van der Waals surface area contributed by atoms with Crippen LogP contribution in [-0.2, 0) is 6.54 Å². The van der Waals surface area contributed by atoms with Crippen molar-refractivity contribution in [2.24, 2.45) is 10.9 Å². The Morgan fingerprint density at radius 2 is 2.11 bits per heavy atom. The molecular weight excluding hydrogens is 234 g/mol. The number of nitrogens with one attached hydrogen (secondary N) is 1. The second kappa shape index (κ2) is 5.74. The van der Waals surface area contributed by atoms with E-state index in [2.05, 4.69) is 52.5 Å². The van der Waals surface area contributed by atoms with E-state index in [1.165, 1.54) is 24.4 Å². The van der Waals surface area contributed by atoms with Gasteiger partial charge in [-0.1, -0.05) is 37.3 Å². The zero-order chi connectivity index (χ0) is 13.1. The van der Waals surface area contributed by atoms with E-state index in [1.807, 2.05) is 0 Å². The van der Waals surface area contributed by atoms with E-state index < -0.39 is 0 Å². The second-order valence-electron chi connectivity index (χ2n) is 5.84. The Morgan fingerprint density at radius 3 is 2.84 bits per heavy atom. The number of hydrogen-bond acceptors (Lipinski definition) is 3. The van der Waals surface area contributed by atoms with Crippen molar-refractivity contribution >= 4 is 5.84 Å². The van der Waals surface area contributed by atoms with Crippen LogP contribution in [0.5, 0.6) is 0 Å². The molecule has 1 aromatic rings. The molecule has 2 heterocycles. The van der Waals surface area contributed by atoms with Crippen LogP contribution in [0.2, 0.25) is 0 Å². The summed E-state index contributed by atoms with van der Waals surface area (Å²) in [6, 6.07) is 11.3. The van der Waals surface area contributed by atoms with Gasteiger partial charge in [0, 0.05) is 38.6 Å². The fraction of sp³-hybridized carbons (Fsp3) is 0.562. The van der Waals surface area contributed by atoms with Gasteiger partial charge in [0.25, 0.3) is 0 Å². The molecule has 1 aromatic carbocycles. The normalized spacial score (nSPS) is 27.5. The summed E-state index contributed by atoms with van der Waals surface area (Å²) in [7, 11) is 0. The van der Waals surface area contributed by atoms with Crippen molar-refractivity contribution in [2.45, 2.75) is 32.4 Å². The van der Waals surface area contributed by atoms with Gasteiger partial charge in [0.05, 0.1) is 5.84 Å². The molecule has 1 fully saturated rings. The van der Waals surface area contributed by atoms with Crippen LogP contribution in [0.4, 0.5) is 0 Å². The molecule has 102 valence electrons. The van der Waals surface area contributed by atoms with Crippen LogP contribution < -0.4 is 5.32 Å². The van der Waals surface area contributed by atoms with Gasteiger partial charge in [-0.05, 0) is 17.9 Å². The number of likely N-dealkylation sites (tertiary alicyclic amines) is 1. The molecule has 0 aromatic heterocycles. The summed E-state index contributed by atoms with van der Waals surface area (Å²) in [6.45, 7) is 6.74. The van der Waals surface area contributed by atoms with Crippen LogP contribution in [0.1, 0.15) is 25.3 Å². The van der Waals surface area contributed by atoms with Crippen molar-refractivity contribution in [3.63, 3.8) is 0 Å². The number of nitrogens with zero attached hydrogens (tertiary/aromatic N) is 2. The first-order chi connectivity index (χ1) is 9.31. The Kier molecular flexibility index (Phi) is 3.83. The van der Waals surface area contributed by atoms with Crippen LogP contribution in [0.15, 0.2) is 35.3 Å². The van der Waals surface area contributed by atoms with Crippen molar-refractivity contribution in [1.82, 2.24) is 10.2 Å². The first-order valence-electron chi connectivity index (χ1n) is 7.37. The van der Waals surface area contributed by atoms with E-state index in [4.69, 9.17) is 0 Å². The molecule has 0 amide bonds. The highest BCUT2D eigenvalue weighted by Crippen LogP contribution is 2.19. The Balaban J connectivity index is 1.55. The summed E-state index contributed by atoms with van der Waals surface area (Å²) in [5.74, 6) is 1.94. The number of aliphatic imine (C=N–C) groups is 1. The lowest BCUT2D eigenvalue weighted by molar-refractivity contribution is 0.318. The predicted molar refractivity (Wildman–Crippen MR) is 79.3 cm³/mol. The first kappa shape index (κ1) is 12.7. The van der Waals surface area contributed by atoms with Crippen LogP contribution in [0, 0.1) is 5.92 Å². The second-order valence-corrected chi connectivity index (χ2v) is 5.84. The minimum absolute atomic E-state index is 0.570. The van der Waals surface area contributed by atoms with Crippen molar-refractivity contribution < 1.29 is 0 Å². The molecule has 2 aliphatic rings. The van der Waals surface area contributed by atoms with Gasteiger partial charge in [-0.2, -0.15) is 0 Å². The van der Waals surface area contributed by atoms with Crippen LogP contribution in [-0.4, -0.2) is 36.4 Å². The van der Waals surface area contributed by atoms with Crippen molar-refractivity contribution in [2.75, 3.05) is 19.6 Å². The quantitative estimate of drug-likeness (QED) is 0.899. The molecule has 0 bridgehead atoms. The Bertz CT molecular complexity index is 441. The van der Waals surface area contributed by atoms with E-state index >= 15 is 0 Å². The lowest BCUT2D eigenvalue weighted by atomic mass is 10.1. The molecular formula is C16H23N3. The zero-order valence-electron chi connectivity index (χ0n) is 11.7. The Hall–Kier alpha value is -1.35. The molecule has 3 heteroatoms. The molecule has 0 radical (unpaired) electrons. The molecule has 3 rings (SSSR count). The molecule has 3 nitrogen and oxygen atoms in total. The van der Waals surface area contributed by atoms with Gasteiger partial charge in [-0.3, -0.25) is 9.89 Å². The van der Waals surface area contributed by atoms with Gasteiger partial charge in [0.2, 0.25) is 0 Å². The van der Waals surface area contributed by atoms with Crippen molar-refractivity contribution in [1.29, 1.82) is 0 Å². The highest BCUT2D eigenvalue weighted by Gasteiger charge is 2.30. The first-order valence-corrected chi connectivity index (χ1v) is 7.37. The van der Waals surface area contributed by atoms with Crippen molar-refractivity contribution in [3.05, 3.63) is 35.9 Å². The SMILES string of the molecule is CC1CN(Cc2ccccc2)CC1NC1=NCCC1. The predicted octanol–water partition coefficient (Wildman–Crippen LogP) is 2.29. The van der Waals surface area contributed by atoms with Crippen molar-refractivity contribution in [3.8, 4) is 0 Å². The highest BCUT2D eigenvalue weighted by atomic mass is 15.2. The van der Waals surface area contributed by atoms with Gasteiger partial charge >= 0.3 is 0 Å². The van der Waals surface area contributed by atoms with Crippen LogP contribution in [0.25, 0.3) is 0 Å². The van der Waals surface area contributed by atoms with E-state index in [0.29, 0.717) is 12.0 Å². The number of rotatable bonds is 3. The summed E-state index contributed by atoms with van der Waals surface area (Å²) in [5, 5.41) is 3.65. The van der Waals surface area contributed by atoms with E-state index in [-0.39, 0.29) is 0 Å². The minimum atomic E-state index is 0.570. The third kappa shape index (κ3) is 3.16. The number of benzene rings is 1. The topological polar surface area (TPSA) is 27.6 Å².